The molecular weight excluding hydrogens is 460 g/mol. The second-order valence-corrected chi connectivity index (χ2v) is 8.84. The summed E-state index contributed by atoms with van der Waals surface area (Å²) in [6.07, 6.45) is 0.952. The number of aromatic hydroxyl groups is 1. The van der Waals surface area contributed by atoms with E-state index in [1.807, 2.05) is 0 Å². The van der Waals surface area contributed by atoms with Gasteiger partial charge in [0.15, 0.2) is 11.4 Å². The Hall–Kier alpha value is -4.38. The minimum absolute atomic E-state index is 0.0264. The molecule has 1 amide bonds. The van der Waals surface area contributed by atoms with Crippen LogP contribution < -0.4 is 5.73 Å². The zero-order valence-electron chi connectivity index (χ0n) is 18.1. The summed E-state index contributed by atoms with van der Waals surface area (Å²) in [4.78, 5) is 38.2. The predicted molar refractivity (Wildman–Crippen MR) is 118 cm³/mol. The van der Waals surface area contributed by atoms with E-state index in [4.69, 9.17) is 15.4 Å². The third-order valence-electron chi connectivity index (χ3n) is 7.02. The first-order valence-electron chi connectivity index (χ1n) is 10.7. The lowest BCUT2D eigenvalue weighted by Crippen LogP contribution is -2.57. The number of furan rings is 1. The highest BCUT2D eigenvalue weighted by molar-refractivity contribution is 6.24. The van der Waals surface area contributed by atoms with E-state index in [1.54, 1.807) is 18.2 Å². The second kappa shape index (κ2) is 7.57. The minimum atomic E-state index is -2.61. The molecule has 0 spiro atoms. The van der Waals surface area contributed by atoms with Crippen LogP contribution in [0.15, 0.2) is 56.5 Å². The van der Waals surface area contributed by atoms with Gasteiger partial charge in [0.25, 0.3) is 5.91 Å². The van der Waals surface area contributed by atoms with Crippen LogP contribution in [0.5, 0.6) is 5.75 Å². The van der Waals surface area contributed by atoms with E-state index in [0.717, 1.165) is 6.21 Å². The maximum absolute atomic E-state index is 13.5. The minimum Gasteiger partial charge on any atom is -0.511 e. The number of Topliss-reactive ketones (excluding diaryl/α,β-unsaturated/α-hetero) is 2. The molecule has 7 N–H and O–H groups in total. The Morgan fingerprint density at radius 3 is 2.57 bits per heavy atom. The van der Waals surface area contributed by atoms with Crippen LogP contribution in [0.3, 0.4) is 0 Å². The fourth-order valence-corrected chi connectivity index (χ4v) is 5.47. The van der Waals surface area contributed by atoms with Crippen molar-refractivity contribution in [1.82, 2.24) is 0 Å². The summed E-state index contributed by atoms with van der Waals surface area (Å²) < 4.78 is 5.64. The van der Waals surface area contributed by atoms with Gasteiger partial charge in [-0.2, -0.15) is 0 Å². The van der Waals surface area contributed by atoms with Gasteiger partial charge >= 0.3 is 0 Å². The molecular formula is C24H20N2O9. The normalized spacial score (nSPS) is 26.1. The number of oxime groups is 1. The number of aliphatic hydroxyl groups is 3. The molecule has 11 nitrogen and oxygen atoms in total. The molecule has 180 valence electrons. The molecule has 0 saturated heterocycles. The molecule has 3 aliphatic rings. The summed E-state index contributed by atoms with van der Waals surface area (Å²) in [6.45, 7) is 0. The number of phenols is 1. The number of amides is 1. The van der Waals surface area contributed by atoms with Gasteiger partial charge in [-0.25, -0.2) is 0 Å². The van der Waals surface area contributed by atoms with Gasteiger partial charge in [0.1, 0.15) is 40.6 Å². The number of allylic oxidation sites excluding steroid dienone is 2. The molecule has 5 rings (SSSR count). The van der Waals surface area contributed by atoms with Gasteiger partial charge in [-0.15, -0.1) is 0 Å². The molecule has 1 aromatic heterocycles. The lowest BCUT2D eigenvalue weighted by molar-refractivity contribution is -0.144. The molecule has 3 atom stereocenters. The van der Waals surface area contributed by atoms with Crippen LogP contribution in [0.1, 0.15) is 34.5 Å². The summed E-state index contributed by atoms with van der Waals surface area (Å²) in [7, 11) is 0. The average molecular weight is 480 g/mol. The summed E-state index contributed by atoms with van der Waals surface area (Å²) in [6, 6.07) is 6.00. The summed E-state index contributed by atoms with van der Waals surface area (Å²) >= 11 is 0. The van der Waals surface area contributed by atoms with E-state index in [9.17, 15) is 34.8 Å². The van der Waals surface area contributed by atoms with Gasteiger partial charge in [-0.1, -0.05) is 5.16 Å². The van der Waals surface area contributed by atoms with E-state index < -0.39 is 52.0 Å². The summed E-state index contributed by atoms with van der Waals surface area (Å²) in [5, 5.41) is 54.7. The summed E-state index contributed by atoms with van der Waals surface area (Å²) in [5.41, 5.74) is 2.33. The van der Waals surface area contributed by atoms with Crippen LogP contribution in [0, 0.1) is 11.8 Å². The zero-order chi connectivity index (χ0) is 25.2. The van der Waals surface area contributed by atoms with Crippen LogP contribution in [0.2, 0.25) is 0 Å². The number of fused-ring (bicyclic) bond motifs is 3. The lowest BCUT2D eigenvalue weighted by Gasteiger charge is -2.45. The van der Waals surface area contributed by atoms with Crippen molar-refractivity contribution in [2.75, 3.05) is 0 Å². The highest BCUT2D eigenvalue weighted by Gasteiger charge is 2.59. The van der Waals surface area contributed by atoms with Crippen molar-refractivity contribution in [3.8, 4) is 17.1 Å². The third kappa shape index (κ3) is 3.01. The SMILES string of the molecule is NC(=O)C1=C(O)C[C@@H]2C[C@@H]3Cc4c(-c5ccc(/C=N/O)o5)ccc(O)c4C(=O)C3=C(O)[C@]2(O)C1=O. The third-order valence-corrected chi connectivity index (χ3v) is 7.02. The number of rotatable bonds is 3. The first-order chi connectivity index (χ1) is 16.6. The molecule has 0 saturated carbocycles. The standard InChI is InChI=1S/C24H20N2O9/c25-23(32)19-15(28)7-10-5-9-6-13-12(16-4-1-11(35-16)8-26-34)2-3-14(27)18(13)20(29)17(9)21(30)24(10,33)22(19)31/h1-4,8-10,27-28,30,33-34H,5-7H2,(H2,25,32)/b26-8+/t9-,10+,24+/m1/s1. The monoisotopic (exact) mass is 480 g/mol. The van der Waals surface area contributed by atoms with E-state index >= 15 is 0 Å². The van der Waals surface area contributed by atoms with Gasteiger partial charge < -0.3 is 35.8 Å². The van der Waals surface area contributed by atoms with Gasteiger partial charge in [0.2, 0.25) is 5.78 Å². The molecule has 11 heteroatoms. The molecule has 3 aliphatic carbocycles. The van der Waals surface area contributed by atoms with Gasteiger partial charge in [0, 0.05) is 23.5 Å². The molecule has 2 aromatic rings. The molecule has 0 unspecified atom stereocenters. The lowest BCUT2D eigenvalue weighted by atomic mass is 9.60. The molecule has 0 radical (unpaired) electrons. The van der Waals surface area contributed by atoms with E-state index in [2.05, 4.69) is 5.16 Å². The molecule has 0 aliphatic heterocycles. The van der Waals surface area contributed by atoms with Crippen molar-refractivity contribution in [3.05, 3.63) is 63.8 Å². The van der Waals surface area contributed by atoms with Crippen LogP contribution >= 0.6 is 0 Å². The van der Waals surface area contributed by atoms with Crippen molar-refractivity contribution >= 4 is 23.7 Å². The highest BCUT2D eigenvalue weighted by atomic mass is 16.4. The Bertz CT molecular complexity index is 1410. The Kier molecular flexibility index (Phi) is 4.85. The number of nitrogens with two attached hydrogens (primary N) is 1. The number of hydrogen-bond donors (Lipinski definition) is 6. The number of benzene rings is 1. The average Bonchev–Trinajstić information content (AvgIpc) is 3.24. The molecule has 1 aromatic carbocycles. The number of phenolic OH excluding ortho intramolecular Hbond substituents is 1. The first kappa shape index (κ1) is 22.4. The van der Waals surface area contributed by atoms with Crippen LogP contribution in [-0.2, 0) is 16.0 Å². The molecule has 35 heavy (non-hydrogen) atoms. The molecule has 1 heterocycles. The van der Waals surface area contributed by atoms with Crippen molar-refractivity contribution in [2.24, 2.45) is 22.7 Å². The molecule has 0 bridgehead atoms. The number of carbonyl (C=O) groups excluding carboxylic acids is 3. The van der Waals surface area contributed by atoms with Gasteiger partial charge in [-0.3, -0.25) is 14.4 Å². The largest absolute Gasteiger partial charge is 0.511 e. The number of hydrogen-bond acceptors (Lipinski definition) is 10. The molecule has 0 fully saturated rings. The number of carbonyl (C=O) groups is 3. The number of ketones is 2. The smallest absolute Gasteiger partial charge is 0.255 e. The Balaban J connectivity index is 1.66. The van der Waals surface area contributed by atoms with Crippen LogP contribution in [0.4, 0.5) is 0 Å². The number of primary amides is 1. The van der Waals surface area contributed by atoms with Gasteiger partial charge in [0.05, 0.1) is 5.56 Å². The van der Waals surface area contributed by atoms with E-state index in [1.165, 1.54) is 6.07 Å². The van der Waals surface area contributed by atoms with Gasteiger partial charge in [-0.05, 0) is 48.6 Å². The Morgan fingerprint density at radius 2 is 1.89 bits per heavy atom. The summed E-state index contributed by atoms with van der Waals surface area (Å²) in [5.74, 6) is -6.25. The van der Waals surface area contributed by atoms with Crippen LogP contribution in [-0.4, -0.2) is 54.9 Å². The highest BCUT2D eigenvalue weighted by Crippen LogP contribution is 2.52. The zero-order valence-corrected chi connectivity index (χ0v) is 18.1. The van der Waals surface area contributed by atoms with E-state index in [0.29, 0.717) is 16.9 Å². The fourth-order valence-electron chi connectivity index (χ4n) is 5.47. The van der Waals surface area contributed by atoms with Crippen LogP contribution in [0.25, 0.3) is 11.3 Å². The second-order valence-electron chi connectivity index (χ2n) is 8.84. The maximum Gasteiger partial charge on any atom is 0.255 e. The maximum atomic E-state index is 13.5. The number of aliphatic hydroxyl groups excluding tert-OH is 2. The fraction of sp³-hybridized carbons (Fsp3) is 0.250. The topological polar surface area (TPSA) is 204 Å². The Labute approximate surface area is 197 Å². The first-order valence-corrected chi connectivity index (χ1v) is 10.7. The van der Waals surface area contributed by atoms with Crippen molar-refractivity contribution < 1.29 is 44.4 Å². The number of nitrogens with zero attached hydrogens (tertiary/aromatic N) is 1. The quantitative estimate of drug-likeness (QED) is 0.163. The van der Waals surface area contributed by atoms with Crippen molar-refractivity contribution in [3.63, 3.8) is 0 Å². The Morgan fingerprint density at radius 1 is 1.14 bits per heavy atom. The van der Waals surface area contributed by atoms with E-state index in [-0.39, 0.29) is 41.9 Å². The van der Waals surface area contributed by atoms with Crippen molar-refractivity contribution in [1.29, 1.82) is 0 Å². The van der Waals surface area contributed by atoms with Crippen molar-refractivity contribution in [2.45, 2.75) is 24.9 Å². The predicted octanol–water partition coefficient (Wildman–Crippen LogP) is 1.65.